The molecule has 2 amide bonds. The highest BCUT2D eigenvalue weighted by Crippen LogP contribution is 2.40. The smallest absolute Gasteiger partial charge is 0.241 e. The molecular weight excluding hydrogens is 807 g/mol. The van der Waals surface area contributed by atoms with Crippen molar-refractivity contribution in [1.82, 2.24) is 10.0 Å². The summed E-state index contributed by atoms with van der Waals surface area (Å²) in [6.45, 7) is 3.54. The summed E-state index contributed by atoms with van der Waals surface area (Å²) in [5.74, 6) is 0.148. The van der Waals surface area contributed by atoms with Crippen LogP contribution in [0.4, 0.5) is 5.69 Å². The van der Waals surface area contributed by atoms with Crippen molar-refractivity contribution in [2.75, 3.05) is 11.1 Å². The Morgan fingerprint density at radius 3 is 2.13 bits per heavy atom. The summed E-state index contributed by atoms with van der Waals surface area (Å²) in [6.07, 6.45) is -0.135. The molecule has 7 rings (SSSR count). The average molecular weight is 856 g/mol. The number of sulfonamides is 1. The summed E-state index contributed by atoms with van der Waals surface area (Å²) in [4.78, 5) is 26.3. The van der Waals surface area contributed by atoms with E-state index < -0.39 is 28.3 Å². The minimum absolute atomic E-state index is 0.0322. The molecule has 0 saturated carbocycles. The lowest BCUT2D eigenvalue weighted by Crippen LogP contribution is -2.47. The number of thioether (sulfide) groups is 1. The second kappa shape index (κ2) is 20.3. The van der Waals surface area contributed by atoms with Gasteiger partial charge in [-0.05, 0) is 89.2 Å². The van der Waals surface area contributed by atoms with E-state index in [1.54, 1.807) is 23.9 Å². The number of amides is 2. The maximum absolute atomic E-state index is 13.7. The lowest BCUT2D eigenvalue weighted by Gasteiger charge is -2.36. The molecule has 61 heavy (non-hydrogen) atoms. The van der Waals surface area contributed by atoms with Crippen LogP contribution < -0.4 is 15.4 Å². The second-order valence-electron chi connectivity index (χ2n) is 15.1. The largest absolute Gasteiger partial charge is 0.392 e. The topological polar surface area (TPSA) is 143 Å². The molecule has 1 aliphatic rings. The normalized spacial score (nSPS) is 17.0. The van der Waals surface area contributed by atoms with E-state index >= 15 is 0 Å². The zero-order valence-corrected chi connectivity index (χ0v) is 35.6. The number of anilines is 1. The first-order chi connectivity index (χ1) is 29.5. The number of ether oxygens (including phenoxy) is 2. The summed E-state index contributed by atoms with van der Waals surface area (Å²) < 4.78 is 42.5. The molecule has 10 nitrogen and oxygen atoms in total. The Labute approximate surface area is 361 Å². The molecule has 12 heteroatoms. The number of aliphatic hydroxyl groups excluding tert-OH is 1. The monoisotopic (exact) mass is 855 g/mol. The van der Waals surface area contributed by atoms with E-state index in [4.69, 9.17) is 9.47 Å². The van der Waals surface area contributed by atoms with Crippen molar-refractivity contribution >= 4 is 39.3 Å². The quantitative estimate of drug-likeness (QED) is 0.0709. The molecule has 1 saturated heterocycles. The van der Waals surface area contributed by atoms with Crippen LogP contribution >= 0.6 is 11.8 Å². The van der Waals surface area contributed by atoms with Gasteiger partial charge in [-0.1, -0.05) is 115 Å². The third-order valence-electron chi connectivity index (χ3n) is 10.4. The minimum atomic E-state index is -3.97. The highest BCUT2D eigenvalue weighted by molar-refractivity contribution is 7.99. The summed E-state index contributed by atoms with van der Waals surface area (Å²) in [5, 5.41) is 15.4. The Hall–Kier alpha value is -5.60. The fraction of sp³-hybridized carbons (Fsp3) is 0.224. The van der Waals surface area contributed by atoms with Gasteiger partial charge in [0.25, 0.3) is 0 Å². The van der Waals surface area contributed by atoms with E-state index in [9.17, 15) is 23.1 Å². The van der Waals surface area contributed by atoms with Crippen molar-refractivity contribution < 1.29 is 32.6 Å². The van der Waals surface area contributed by atoms with E-state index in [0.29, 0.717) is 12.2 Å². The zero-order chi connectivity index (χ0) is 42.8. The molecular formula is C49H49N3O7S2. The van der Waals surface area contributed by atoms with E-state index in [1.165, 1.54) is 19.1 Å². The van der Waals surface area contributed by atoms with Gasteiger partial charge in [0.2, 0.25) is 21.8 Å². The van der Waals surface area contributed by atoms with Crippen molar-refractivity contribution in [3.05, 3.63) is 185 Å². The Morgan fingerprint density at radius 1 is 0.754 bits per heavy atom. The van der Waals surface area contributed by atoms with Gasteiger partial charge in [-0.25, -0.2) is 8.42 Å². The third-order valence-corrected chi connectivity index (χ3v) is 13.0. The van der Waals surface area contributed by atoms with E-state index in [2.05, 4.69) is 15.4 Å². The van der Waals surface area contributed by atoms with Crippen molar-refractivity contribution in [2.45, 2.75) is 74.2 Å². The average Bonchev–Trinajstić information content (AvgIpc) is 3.28. The van der Waals surface area contributed by atoms with Crippen LogP contribution in [0, 0.1) is 6.92 Å². The Bertz CT molecular complexity index is 2500. The molecule has 1 heterocycles. The molecule has 6 aromatic rings. The molecule has 0 aliphatic carbocycles. The Balaban J connectivity index is 1.03. The van der Waals surface area contributed by atoms with Crippen molar-refractivity contribution in [3.63, 3.8) is 0 Å². The first kappa shape index (κ1) is 43.5. The molecule has 0 spiro atoms. The van der Waals surface area contributed by atoms with Gasteiger partial charge in [-0.2, -0.15) is 4.72 Å². The lowest BCUT2D eigenvalue weighted by molar-refractivity contribution is -0.245. The number of benzene rings is 6. The number of hydrogen-bond donors (Lipinski definition) is 4. The van der Waals surface area contributed by atoms with Gasteiger partial charge in [-0.3, -0.25) is 9.59 Å². The van der Waals surface area contributed by atoms with Crippen LogP contribution in [0.2, 0.25) is 0 Å². The van der Waals surface area contributed by atoms with Gasteiger partial charge in [0.1, 0.15) is 6.04 Å². The van der Waals surface area contributed by atoms with Gasteiger partial charge < -0.3 is 25.2 Å². The number of nitrogens with one attached hydrogen (secondary N) is 3. The number of rotatable bonds is 16. The van der Waals surface area contributed by atoms with Crippen LogP contribution in [-0.4, -0.2) is 43.2 Å². The molecule has 1 fully saturated rings. The number of carbonyl (C=O) groups excluding carboxylic acids is 2. The van der Waals surface area contributed by atoms with Crippen LogP contribution in [0.3, 0.4) is 0 Å². The molecule has 314 valence electrons. The van der Waals surface area contributed by atoms with E-state index in [1.807, 2.05) is 134 Å². The van der Waals surface area contributed by atoms with Gasteiger partial charge in [-0.15, -0.1) is 11.8 Å². The summed E-state index contributed by atoms with van der Waals surface area (Å²) in [7, 11) is -3.97. The predicted molar refractivity (Wildman–Crippen MR) is 239 cm³/mol. The molecule has 1 aliphatic heterocycles. The zero-order valence-electron chi connectivity index (χ0n) is 34.0. The number of aliphatic hydroxyl groups is 1. The highest BCUT2D eigenvalue weighted by atomic mass is 32.2. The van der Waals surface area contributed by atoms with Crippen LogP contribution in [0.15, 0.2) is 161 Å². The molecule has 0 aromatic heterocycles. The van der Waals surface area contributed by atoms with Gasteiger partial charge in [0.15, 0.2) is 6.29 Å². The lowest BCUT2D eigenvalue weighted by atomic mass is 9.99. The highest BCUT2D eigenvalue weighted by Gasteiger charge is 2.32. The minimum Gasteiger partial charge on any atom is -0.392 e. The molecule has 6 aromatic carbocycles. The Kier molecular flexibility index (Phi) is 14.5. The third kappa shape index (κ3) is 12.0. The van der Waals surface area contributed by atoms with Crippen molar-refractivity contribution in [3.8, 4) is 11.1 Å². The predicted octanol–water partition coefficient (Wildman–Crippen LogP) is 8.66. The van der Waals surface area contributed by atoms with Gasteiger partial charge in [0.05, 0.1) is 23.7 Å². The molecule has 4 N–H and O–H groups in total. The number of aryl methyl sites for hydroxylation is 1. The maximum atomic E-state index is 13.7. The number of hydrogen-bond acceptors (Lipinski definition) is 8. The SMILES string of the molecule is CC(=O)Nc1ccc(SC[C@@H]2C[C@H](c3ccc(CO)cc3)O[C@H](c3ccc(-c4cccc(CNC(=O)[C@@H](Cc5ccccc5)NS(=O)(=O)c5ccc(C)cc5)c4)cc3)O2)cc1. The standard InChI is InChI=1S/C49H49N3O7S2/c1-33-11-25-45(26-12-33)61(56,57)52-46(28-35-7-4-3-5-8-35)48(55)50-30-37-9-6-10-41(27-37)38-17-19-40(20-18-38)49-58-43(29-47(59-49)39-15-13-36(31-53)14-16-39)32-60-44-23-21-42(22-24-44)51-34(2)54/h3-27,43,46-47,49,52-53H,28-32H2,1-2H3,(H,50,55)(H,51,54)/t43-,46+,47+,49+/m0/s1. The fourth-order valence-corrected chi connectivity index (χ4v) is 9.18. The van der Waals surface area contributed by atoms with Crippen LogP contribution in [0.5, 0.6) is 0 Å². The molecule has 0 unspecified atom stereocenters. The van der Waals surface area contributed by atoms with Crippen LogP contribution in [0.1, 0.15) is 59.1 Å². The van der Waals surface area contributed by atoms with Gasteiger partial charge in [0, 0.05) is 41.8 Å². The van der Waals surface area contributed by atoms with Crippen molar-refractivity contribution in [2.24, 2.45) is 0 Å². The number of carbonyl (C=O) groups is 2. The second-order valence-corrected chi connectivity index (χ2v) is 17.9. The molecule has 0 radical (unpaired) electrons. The Morgan fingerprint density at radius 2 is 1.44 bits per heavy atom. The van der Waals surface area contributed by atoms with E-state index in [-0.39, 0.29) is 42.6 Å². The molecule has 0 bridgehead atoms. The molecule has 4 atom stereocenters. The first-order valence-electron chi connectivity index (χ1n) is 20.1. The van der Waals surface area contributed by atoms with Crippen LogP contribution in [-0.2, 0) is 48.7 Å². The first-order valence-corrected chi connectivity index (χ1v) is 22.6. The maximum Gasteiger partial charge on any atom is 0.241 e. The van der Waals surface area contributed by atoms with Crippen LogP contribution in [0.25, 0.3) is 11.1 Å². The summed E-state index contributed by atoms with van der Waals surface area (Å²) in [6, 6.07) is 46.3. The fourth-order valence-electron chi connectivity index (χ4n) is 7.07. The van der Waals surface area contributed by atoms with E-state index in [0.717, 1.165) is 55.1 Å². The summed E-state index contributed by atoms with van der Waals surface area (Å²) in [5.41, 5.74) is 7.99. The summed E-state index contributed by atoms with van der Waals surface area (Å²) >= 11 is 1.68. The van der Waals surface area contributed by atoms with Crippen molar-refractivity contribution in [1.29, 1.82) is 0 Å². The van der Waals surface area contributed by atoms with Gasteiger partial charge >= 0.3 is 0 Å².